The number of nitrogen functional groups attached to an aromatic ring is 1. The summed E-state index contributed by atoms with van der Waals surface area (Å²) >= 11 is 0. The maximum absolute atomic E-state index is 13.6. The van der Waals surface area contributed by atoms with E-state index in [1.807, 2.05) is 9.80 Å². The van der Waals surface area contributed by atoms with E-state index in [0.717, 1.165) is 50.9 Å². The molecule has 0 spiro atoms. The summed E-state index contributed by atoms with van der Waals surface area (Å²) < 4.78 is 6.80. The Bertz CT molecular complexity index is 1190. The van der Waals surface area contributed by atoms with E-state index in [0.29, 0.717) is 29.9 Å². The molecule has 1 aliphatic carbocycles. The van der Waals surface area contributed by atoms with Crippen molar-refractivity contribution in [3.05, 3.63) is 18.4 Å². The maximum Gasteiger partial charge on any atom is 0.259 e. The summed E-state index contributed by atoms with van der Waals surface area (Å²) in [6.07, 6.45) is 8.68. The first-order valence-corrected chi connectivity index (χ1v) is 13.3. The molecule has 11 nitrogen and oxygen atoms in total. The number of carbonyl (C=O) groups excluding carboxylic acids is 1. The normalized spacial score (nSPS) is 25.6. The van der Waals surface area contributed by atoms with Gasteiger partial charge in [-0.25, -0.2) is 0 Å². The maximum atomic E-state index is 13.6. The van der Waals surface area contributed by atoms with Gasteiger partial charge in [-0.05, 0) is 49.7 Å². The molecule has 3 aromatic rings. The van der Waals surface area contributed by atoms with E-state index in [-0.39, 0.29) is 17.9 Å². The van der Waals surface area contributed by atoms with Crippen LogP contribution >= 0.6 is 0 Å². The second-order valence-electron chi connectivity index (χ2n) is 10.6. The van der Waals surface area contributed by atoms with Crippen molar-refractivity contribution in [2.45, 2.75) is 51.5 Å². The average Bonchev–Trinajstić information content (AvgIpc) is 3.66. The lowest BCUT2D eigenvalue weighted by atomic mass is 9.83. The zero-order valence-corrected chi connectivity index (χ0v) is 20.9. The monoisotopic (exact) mass is 493 g/mol. The summed E-state index contributed by atoms with van der Waals surface area (Å²) in [7, 11) is 0. The van der Waals surface area contributed by atoms with Crippen molar-refractivity contribution in [2.24, 2.45) is 11.8 Å². The first-order chi connectivity index (χ1) is 17.5. The fourth-order valence-corrected chi connectivity index (χ4v) is 5.93. The van der Waals surface area contributed by atoms with Crippen molar-refractivity contribution in [1.82, 2.24) is 34.4 Å². The Balaban J connectivity index is 1.12. The molecule has 1 amide bonds. The predicted molar refractivity (Wildman–Crippen MR) is 135 cm³/mol. The molecule has 0 unspecified atom stereocenters. The van der Waals surface area contributed by atoms with Gasteiger partial charge < -0.3 is 20.0 Å². The molecule has 3 aromatic heterocycles. The Hall–Kier alpha value is -3.21. The fraction of sp³-hybridized carbons (Fsp3) is 0.640. The molecule has 6 rings (SSSR count). The number of carbonyl (C=O) groups is 1. The lowest BCUT2D eigenvalue weighted by molar-refractivity contribution is -0.134. The minimum absolute atomic E-state index is 0.165. The van der Waals surface area contributed by atoms with E-state index in [1.54, 1.807) is 18.4 Å². The van der Waals surface area contributed by atoms with Gasteiger partial charge in [-0.15, -0.1) is 5.10 Å². The highest BCUT2D eigenvalue weighted by atomic mass is 16.3. The van der Waals surface area contributed by atoms with E-state index in [4.69, 9.17) is 10.2 Å². The molecule has 36 heavy (non-hydrogen) atoms. The van der Waals surface area contributed by atoms with Crippen molar-refractivity contribution in [1.29, 1.82) is 0 Å². The van der Waals surface area contributed by atoms with Crippen molar-refractivity contribution in [3.63, 3.8) is 0 Å². The van der Waals surface area contributed by atoms with E-state index in [1.165, 1.54) is 36.7 Å². The van der Waals surface area contributed by atoms with Crippen LogP contribution in [0, 0.1) is 11.8 Å². The highest BCUT2D eigenvalue weighted by Gasteiger charge is 2.37. The summed E-state index contributed by atoms with van der Waals surface area (Å²) in [6, 6.07) is 3.29. The number of nitrogens with two attached hydrogens (primary N) is 1. The number of nitrogens with zero attached hydrogens (tertiary/aromatic N) is 8. The molecule has 1 atom stereocenters. The molecule has 0 bridgehead atoms. The molecule has 1 saturated carbocycles. The smallest absolute Gasteiger partial charge is 0.259 e. The van der Waals surface area contributed by atoms with Crippen LogP contribution in [0.2, 0.25) is 0 Å². The van der Waals surface area contributed by atoms with Crippen LogP contribution in [0.15, 0.2) is 22.8 Å². The summed E-state index contributed by atoms with van der Waals surface area (Å²) in [6.45, 7) is 7.73. The van der Waals surface area contributed by atoms with Gasteiger partial charge in [0.05, 0.1) is 6.26 Å². The molecule has 3 fully saturated rings. The van der Waals surface area contributed by atoms with Gasteiger partial charge in [-0.2, -0.15) is 19.5 Å². The molecule has 0 radical (unpaired) electrons. The quantitative estimate of drug-likeness (QED) is 0.570. The largest absolute Gasteiger partial charge is 0.461 e. The van der Waals surface area contributed by atoms with Crippen LogP contribution in [-0.2, 0) is 4.79 Å². The van der Waals surface area contributed by atoms with Gasteiger partial charge >= 0.3 is 0 Å². The number of hydrogen-bond donors (Lipinski definition) is 1. The van der Waals surface area contributed by atoms with E-state index >= 15 is 0 Å². The number of amides is 1. The van der Waals surface area contributed by atoms with Gasteiger partial charge in [-0.1, -0.05) is 19.8 Å². The van der Waals surface area contributed by atoms with Crippen LogP contribution < -0.4 is 10.6 Å². The van der Waals surface area contributed by atoms with Crippen LogP contribution in [-0.4, -0.2) is 85.6 Å². The topological polar surface area (TPSA) is 122 Å². The zero-order valence-electron chi connectivity index (χ0n) is 20.9. The van der Waals surface area contributed by atoms with Gasteiger partial charge in [0.25, 0.3) is 5.78 Å². The molecule has 192 valence electrons. The number of fused-ring (bicyclic) bond motifs is 1. The van der Waals surface area contributed by atoms with Crippen LogP contribution in [0.4, 0.5) is 11.9 Å². The third-order valence-corrected chi connectivity index (χ3v) is 8.09. The first-order valence-electron chi connectivity index (χ1n) is 13.3. The molecule has 3 aliphatic rings. The van der Waals surface area contributed by atoms with Gasteiger partial charge in [0.15, 0.2) is 5.76 Å². The van der Waals surface area contributed by atoms with Crippen LogP contribution in [0.5, 0.6) is 0 Å². The Kier molecular flexibility index (Phi) is 6.24. The number of rotatable bonds is 5. The summed E-state index contributed by atoms with van der Waals surface area (Å²) in [5.74, 6) is 3.75. The third kappa shape index (κ3) is 4.52. The van der Waals surface area contributed by atoms with Gasteiger partial charge in [-0.3, -0.25) is 9.69 Å². The van der Waals surface area contributed by atoms with E-state index in [9.17, 15) is 4.79 Å². The SMILES string of the molecule is CC1CCC(CN2CCN(C(=O)[C@@H]3CCCN3c3nc(N)n4nc(-c5ccco5)nc4n3)CC2)CC1. The van der Waals surface area contributed by atoms with Crippen molar-refractivity contribution in [3.8, 4) is 11.6 Å². The highest BCUT2D eigenvalue weighted by molar-refractivity contribution is 5.85. The minimum atomic E-state index is -0.273. The van der Waals surface area contributed by atoms with Gasteiger partial charge in [0, 0.05) is 39.3 Å². The second kappa shape index (κ2) is 9.68. The first kappa shape index (κ1) is 23.2. The van der Waals surface area contributed by atoms with Crippen LogP contribution in [0.1, 0.15) is 45.4 Å². The Morgan fingerprint density at radius 1 is 1.06 bits per heavy atom. The second-order valence-corrected chi connectivity index (χ2v) is 10.6. The Morgan fingerprint density at radius 2 is 1.86 bits per heavy atom. The molecule has 2 N–H and O–H groups in total. The third-order valence-electron chi connectivity index (χ3n) is 8.09. The predicted octanol–water partition coefficient (Wildman–Crippen LogP) is 2.30. The number of furan rings is 1. The number of anilines is 2. The molecular weight excluding hydrogens is 458 g/mol. The molecule has 2 saturated heterocycles. The minimum Gasteiger partial charge on any atom is -0.461 e. The van der Waals surface area contributed by atoms with Crippen molar-refractivity contribution >= 4 is 23.6 Å². The van der Waals surface area contributed by atoms with Crippen LogP contribution in [0.25, 0.3) is 17.4 Å². The Labute approximate surface area is 210 Å². The molecule has 11 heteroatoms. The lowest BCUT2D eigenvalue weighted by Crippen LogP contribution is -2.54. The lowest BCUT2D eigenvalue weighted by Gasteiger charge is -2.39. The molecule has 5 heterocycles. The zero-order chi connectivity index (χ0) is 24.6. The van der Waals surface area contributed by atoms with Crippen molar-refractivity contribution in [2.75, 3.05) is 49.9 Å². The van der Waals surface area contributed by atoms with Gasteiger partial charge in [0.1, 0.15) is 6.04 Å². The van der Waals surface area contributed by atoms with Gasteiger partial charge in [0.2, 0.25) is 23.6 Å². The summed E-state index contributed by atoms with van der Waals surface area (Å²) in [5, 5.41) is 4.37. The average molecular weight is 494 g/mol. The van der Waals surface area contributed by atoms with Crippen molar-refractivity contribution < 1.29 is 9.21 Å². The highest BCUT2D eigenvalue weighted by Crippen LogP contribution is 2.30. The van der Waals surface area contributed by atoms with Crippen LogP contribution in [0.3, 0.4) is 0 Å². The summed E-state index contributed by atoms with van der Waals surface area (Å²) in [5.41, 5.74) is 6.21. The number of hydrogen-bond acceptors (Lipinski definition) is 9. The number of piperazine rings is 1. The van der Waals surface area contributed by atoms with E-state index < -0.39 is 0 Å². The Morgan fingerprint density at radius 3 is 2.61 bits per heavy atom. The molecular formula is C25H35N9O2. The standard InChI is InChI=1S/C25H35N9O2/c1-17-6-8-18(9-7-17)16-31-11-13-32(14-12-31)22(35)19-4-2-10-33(19)24-28-23(26)34-25(29-24)27-21(30-34)20-5-3-15-36-20/h3,5,15,17-19H,2,4,6-14,16H2,1H3,(H2,26,27,28,29,30)/t17?,18?,19-/m0/s1. The fourth-order valence-electron chi connectivity index (χ4n) is 5.93. The number of aromatic nitrogens is 5. The summed E-state index contributed by atoms with van der Waals surface area (Å²) in [4.78, 5) is 33.7. The molecule has 2 aliphatic heterocycles. The van der Waals surface area contributed by atoms with E-state index in [2.05, 4.69) is 31.9 Å². The molecule has 0 aromatic carbocycles.